The van der Waals surface area contributed by atoms with E-state index in [0.29, 0.717) is 5.91 Å². The van der Waals surface area contributed by atoms with Crippen LogP contribution in [0.2, 0.25) is 0 Å². The van der Waals surface area contributed by atoms with Crippen molar-refractivity contribution in [2.75, 3.05) is 19.7 Å². The lowest BCUT2D eigenvalue weighted by Gasteiger charge is -2.29. The molecule has 116 valence electrons. The molecular formula is C17H24ClNO2. The summed E-state index contributed by atoms with van der Waals surface area (Å²) in [6.45, 7) is 4.74. The Morgan fingerprint density at radius 2 is 2.05 bits per heavy atom. The Hall–Kier alpha value is -1.22. The second-order valence-electron chi connectivity index (χ2n) is 6.03. The van der Waals surface area contributed by atoms with Gasteiger partial charge in [0, 0.05) is 25.4 Å². The molecule has 0 bridgehead atoms. The zero-order valence-corrected chi connectivity index (χ0v) is 13.5. The molecule has 1 saturated heterocycles. The topological polar surface area (TPSA) is 29.5 Å². The van der Waals surface area contributed by atoms with Gasteiger partial charge in [-0.15, -0.1) is 12.4 Å². The van der Waals surface area contributed by atoms with E-state index >= 15 is 0 Å². The van der Waals surface area contributed by atoms with Crippen LogP contribution in [0.3, 0.4) is 0 Å². The summed E-state index contributed by atoms with van der Waals surface area (Å²) >= 11 is 0. The van der Waals surface area contributed by atoms with Crippen LogP contribution >= 0.6 is 12.4 Å². The monoisotopic (exact) mass is 309 g/mol. The number of nitrogens with zero attached hydrogens (tertiary/aromatic N) is 1. The molecule has 2 aliphatic rings. The molecule has 0 aliphatic carbocycles. The van der Waals surface area contributed by atoms with Crippen molar-refractivity contribution in [3.63, 3.8) is 0 Å². The molecule has 3 rings (SSSR count). The Morgan fingerprint density at radius 1 is 1.29 bits per heavy atom. The number of benzene rings is 1. The first kappa shape index (κ1) is 16.2. The van der Waals surface area contributed by atoms with Crippen LogP contribution in [-0.4, -0.2) is 30.5 Å². The average molecular weight is 310 g/mol. The second-order valence-corrected chi connectivity index (χ2v) is 6.03. The molecule has 2 heterocycles. The van der Waals surface area contributed by atoms with Crippen LogP contribution in [0.15, 0.2) is 18.2 Å². The van der Waals surface area contributed by atoms with Crippen molar-refractivity contribution in [1.29, 1.82) is 0 Å². The van der Waals surface area contributed by atoms with Crippen LogP contribution in [0.4, 0.5) is 0 Å². The van der Waals surface area contributed by atoms with Crippen LogP contribution in [0, 0.1) is 5.92 Å². The molecule has 1 fully saturated rings. The van der Waals surface area contributed by atoms with Crippen molar-refractivity contribution < 1.29 is 9.53 Å². The van der Waals surface area contributed by atoms with E-state index in [4.69, 9.17) is 4.74 Å². The first-order valence-electron chi connectivity index (χ1n) is 7.77. The number of fused-ring (bicyclic) bond motifs is 1. The van der Waals surface area contributed by atoms with Gasteiger partial charge in [0.15, 0.2) is 0 Å². The average Bonchev–Trinajstić information content (AvgIpc) is 2.95. The minimum absolute atomic E-state index is 0. The summed E-state index contributed by atoms with van der Waals surface area (Å²) in [5, 5.41) is 0. The molecule has 0 spiro atoms. The Bertz CT molecular complexity index is 498. The van der Waals surface area contributed by atoms with E-state index in [9.17, 15) is 4.79 Å². The quantitative estimate of drug-likeness (QED) is 0.858. The lowest BCUT2D eigenvalue weighted by molar-refractivity contribution is -0.135. The van der Waals surface area contributed by atoms with Crippen LogP contribution in [-0.2, 0) is 17.6 Å². The molecule has 1 unspecified atom stereocenters. The summed E-state index contributed by atoms with van der Waals surface area (Å²) in [4.78, 5) is 14.5. The highest BCUT2D eigenvalue weighted by molar-refractivity contribution is 5.85. The zero-order valence-electron chi connectivity index (χ0n) is 12.6. The molecule has 1 aromatic carbocycles. The van der Waals surface area contributed by atoms with E-state index in [1.165, 1.54) is 17.5 Å². The van der Waals surface area contributed by atoms with Crippen molar-refractivity contribution in [3.8, 4) is 5.75 Å². The van der Waals surface area contributed by atoms with E-state index in [1.807, 2.05) is 4.90 Å². The molecular weight excluding hydrogens is 286 g/mol. The third kappa shape index (κ3) is 3.70. The minimum Gasteiger partial charge on any atom is -0.493 e. The third-order valence-corrected chi connectivity index (χ3v) is 4.39. The number of hydrogen-bond donors (Lipinski definition) is 0. The molecule has 3 nitrogen and oxygen atoms in total. The number of hydrogen-bond acceptors (Lipinski definition) is 2. The second kappa shape index (κ2) is 7.17. The van der Waals surface area contributed by atoms with Gasteiger partial charge in [0.05, 0.1) is 6.61 Å². The maximum absolute atomic E-state index is 12.4. The third-order valence-electron chi connectivity index (χ3n) is 4.39. The van der Waals surface area contributed by atoms with E-state index in [0.717, 1.165) is 51.1 Å². The van der Waals surface area contributed by atoms with Gasteiger partial charge in [-0.3, -0.25) is 4.79 Å². The molecule has 2 aliphatic heterocycles. The Balaban J connectivity index is 0.00000161. The van der Waals surface area contributed by atoms with E-state index in [1.54, 1.807) is 0 Å². The van der Waals surface area contributed by atoms with Gasteiger partial charge in [0.25, 0.3) is 0 Å². The number of amides is 1. The van der Waals surface area contributed by atoms with Gasteiger partial charge in [0.1, 0.15) is 5.75 Å². The van der Waals surface area contributed by atoms with Gasteiger partial charge >= 0.3 is 0 Å². The van der Waals surface area contributed by atoms with Gasteiger partial charge in [-0.2, -0.15) is 0 Å². The van der Waals surface area contributed by atoms with Crippen LogP contribution in [0.5, 0.6) is 5.75 Å². The number of likely N-dealkylation sites (tertiary alicyclic amines) is 1. The van der Waals surface area contributed by atoms with Gasteiger partial charge < -0.3 is 9.64 Å². The van der Waals surface area contributed by atoms with E-state index in [2.05, 4.69) is 25.1 Å². The van der Waals surface area contributed by atoms with Gasteiger partial charge in [-0.25, -0.2) is 0 Å². The smallest absolute Gasteiger partial charge is 0.225 e. The summed E-state index contributed by atoms with van der Waals surface area (Å²) in [6.07, 6.45) is 5.42. The summed E-state index contributed by atoms with van der Waals surface area (Å²) in [7, 11) is 0. The molecule has 1 atom stereocenters. The molecule has 0 N–H and O–H groups in total. The predicted molar refractivity (Wildman–Crippen MR) is 86.2 cm³/mol. The van der Waals surface area contributed by atoms with Crippen molar-refractivity contribution in [2.24, 2.45) is 5.92 Å². The first-order chi connectivity index (χ1) is 9.74. The molecule has 0 saturated carbocycles. The maximum atomic E-state index is 12.4. The summed E-state index contributed by atoms with van der Waals surface area (Å²) in [6, 6.07) is 6.36. The van der Waals surface area contributed by atoms with Gasteiger partial charge in [-0.05, 0) is 42.9 Å². The number of carbonyl (C=O) groups is 1. The standard InChI is InChI=1S/C17H23NO2.ClH/c1-13(17(19)18-8-3-2-4-9-18)11-14-5-6-16-15(12-14)7-10-20-16;/h5-6,12-13H,2-4,7-11H2,1H3;1H. The molecule has 1 amide bonds. The fourth-order valence-corrected chi connectivity index (χ4v) is 3.23. The normalized spacial score (nSPS) is 18.4. The fourth-order valence-electron chi connectivity index (χ4n) is 3.23. The number of halogens is 1. The zero-order chi connectivity index (χ0) is 13.9. The lowest BCUT2D eigenvalue weighted by Crippen LogP contribution is -2.39. The minimum atomic E-state index is 0. The SMILES string of the molecule is CC(Cc1ccc2c(c1)CCO2)C(=O)N1CCCCC1.Cl. The molecule has 0 radical (unpaired) electrons. The van der Waals surface area contributed by atoms with Crippen molar-refractivity contribution in [2.45, 2.75) is 39.0 Å². The summed E-state index contributed by atoms with van der Waals surface area (Å²) < 4.78 is 5.53. The summed E-state index contributed by atoms with van der Waals surface area (Å²) in [5.41, 5.74) is 2.55. The van der Waals surface area contributed by atoms with Gasteiger partial charge in [0.2, 0.25) is 5.91 Å². The fraction of sp³-hybridized carbons (Fsp3) is 0.588. The maximum Gasteiger partial charge on any atom is 0.225 e. The van der Waals surface area contributed by atoms with Crippen LogP contribution in [0.1, 0.15) is 37.3 Å². The first-order valence-corrected chi connectivity index (χ1v) is 7.77. The summed E-state index contributed by atoms with van der Waals surface area (Å²) in [5.74, 6) is 1.42. The number of piperidine rings is 1. The molecule has 0 aromatic heterocycles. The highest BCUT2D eigenvalue weighted by Crippen LogP contribution is 2.27. The van der Waals surface area contributed by atoms with Gasteiger partial charge in [-0.1, -0.05) is 19.1 Å². The highest BCUT2D eigenvalue weighted by atomic mass is 35.5. The predicted octanol–water partition coefficient (Wildman–Crippen LogP) is 3.23. The van der Waals surface area contributed by atoms with Crippen molar-refractivity contribution >= 4 is 18.3 Å². The van der Waals surface area contributed by atoms with Crippen molar-refractivity contribution in [3.05, 3.63) is 29.3 Å². The Labute approximate surface area is 133 Å². The molecule has 4 heteroatoms. The van der Waals surface area contributed by atoms with E-state index < -0.39 is 0 Å². The number of ether oxygens (including phenoxy) is 1. The lowest BCUT2D eigenvalue weighted by atomic mass is 9.97. The van der Waals surface area contributed by atoms with E-state index in [-0.39, 0.29) is 18.3 Å². The number of rotatable bonds is 3. The van der Waals surface area contributed by atoms with Crippen LogP contribution in [0.25, 0.3) is 0 Å². The molecule has 21 heavy (non-hydrogen) atoms. The number of carbonyl (C=O) groups excluding carboxylic acids is 1. The van der Waals surface area contributed by atoms with Crippen molar-refractivity contribution in [1.82, 2.24) is 4.90 Å². The Kier molecular flexibility index (Phi) is 5.51. The Morgan fingerprint density at radius 3 is 2.81 bits per heavy atom. The largest absolute Gasteiger partial charge is 0.493 e. The highest BCUT2D eigenvalue weighted by Gasteiger charge is 2.22. The van der Waals surface area contributed by atoms with Crippen LogP contribution < -0.4 is 4.74 Å². The molecule has 1 aromatic rings.